The maximum absolute atomic E-state index is 13.5. The summed E-state index contributed by atoms with van der Waals surface area (Å²) < 4.78 is 6.54. The Kier molecular flexibility index (Phi) is 5.92. The number of phenols is 1. The molecule has 0 saturated carbocycles. The Morgan fingerprint density at radius 1 is 1.06 bits per heavy atom. The fraction of sp³-hybridized carbons (Fsp3) is 0.280. The lowest BCUT2D eigenvalue weighted by molar-refractivity contribution is -0.123. The highest BCUT2D eigenvalue weighted by molar-refractivity contribution is 8.00. The van der Waals surface area contributed by atoms with Gasteiger partial charge in [-0.3, -0.25) is 23.7 Å². The number of rotatable bonds is 5. The molecule has 0 bridgehead atoms. The van der Waals surface area contributed by atoms with E-state index in [9.17, 15) is 24.3 Å². The second-order valence-electron chi connectivity index (χ2n) is 9.13. The van der Waals surface area contributed by atoms with E-state index in [2.05, 4.69) is 5.32 Å². The molecule has 3 amide bonds. The monoisotopic (exact) mass is 525 g/mol. The number of hydrogen-bond donors (Lipinski definition) is 2. The number of thioether (sulfide) groups is 1. The summed E-state index contributed by atoms with van der Waals surface area (Å²) >= 11 is 2.17. The lowest BCUT2D eigenvalue weighted by Crippen LogP contribution is -2.41. The third-order valence-corrected chi connectivity index (χ3v) is 9.31. The zero-order valence-corrected chi connectivity index (χ0v) is 21.3. The fourth-order valence-electron chi connectivity index (χ4n) is 4.64. The number of nitrogens with one attached hydrogen (secondary N) is 1. The van der Waals surface area contributed by atoms with Crippen LogP contribution in [0.15, 0.2) is 58.4 Å². The average molecular weight is 526 g/mol. The predicted molar refractivity (Wildman–Crippen MR) is 137 cm³/mol. The number of fused-ring (bicyclic) bond motifs is 2. The van der Waals surface area contributed by atoms with Crippen LogP contribution in [0.3, 0.4) is 0 Å². The quantitative estimate of drug-likeness (QED) is 0.388. The van der Waals surface area contributed by atoms with Crippen molar-refractivity contribution in [1.82, 2.24) is 4.57 Å². The molecule has 3 heterocycles. The summed E-state index contributed by atoms with van der Waals surface area (Å²) in [5, 5.41) is 12.0. The minimum atomic E-state index is -0.790. The Morgan fingerprint density at radius 3 is 2.36 bits per heavy atom. The summed E-state index contributed by atoms with van der Waals surface area (Å²) in [7, 11) is 1.54. The molecule has 3 aromatic rings. The highest BCUT2D eigenvalue weighted by Gasteiger charge is 2.59. The molecule has 5 rings (SSSR count). The number of carbonyl (C=O) groups is 3. The first kappa shape index (κ1) is 24.1. The molecular formula is C25H23N3O6S2. The number of methoxy groups -OCH3 is 1. The van der Waals surface area contributed by atoms with Crippen molar-refractivity contribution < 1.29 is 24.2 Å². The molecule has 11 heteroatoms. The number of carbonyl (C=O) groups excluding carboxylic acids is 3. The summed E-state index contributed by atoms with van der Waals surface area (Å²) in [5.74, 6) is -1.04. The first-order chi connectivity index (χ1) is 17.1. The Labute approximate surface area is 214 Å². The Morgan fingerprint density at radius 2 is 1.72 bits per heavy atom. The van der Waals surface area contributed by atoms with Crippen molar-refractivity contribution in [3.63, 3.8) is 0 Å². The predicted octanol–water partition coefficient (Wildman–Crippen LogP) is 3.20. The van der Waals surface area contributed by atoms with Crippen molar-refractivity contribution >= 4 is 52.2 Å². The smallest absolute Gasteiger partial charge is 0.308 e. The third-order valence-electron chi connectivity index (χ3n) is 6.49. The van der Waals surface area contributed by atoms with Crippen molar-refractivity contribution in [3.05, 3.63) is 63.1 Å². The van der Waals surface area contributed by atoms with E-state index in [0.29, 0.717) is 27.0 Å². The molecule has 2 N–H and O–H groups in total. The third kappa shape index (κ3) is 3.88. The molecular weight excluding hydrogens is 502 g/mol. The van der Waals surface area contributed by atoms with E-state index in [4.69, 9.17) is 4.74 Å². The molecule has 1 aromatic heterocycles. The van der Waals surface area contributed by atoms with Gasteiger partial charge in [0, 0.05) is 16.0 Å². The van der Waals surface area contributed by atoms with E-state index in [-0.39, 0.29) is 29.0 Å². The van der Waals surface area contributed by atoms with Gasteiger partial charge < -0.3 is 15.2 Å². The number of anilines is 2. The molecule has 0 radical (unpaired) electrons. The minimum Gasteiger partial charge on any atom is -0.508 e. The van der Waals surface area contributed by atoms with Crippen LogP contribution >= 0.6 is 23.1 Å². The Balaban J connectivity index is 1.45. The molecule has 36 heavy (non-hydrogen) atoms. The summed E-state index contributed by atoms with van der Waals surface area (Å²) in [5.41, 5.74) is 0.155. The molecule has 2 unspecified atom stereocenters. The summed E-state index contributed by atoms with van der Waals surface area (Å²) in [6, 6.07) is 12.7. The van der Waals surface area contributed by atoms with Gasteiger partial charge in [-0.05, 0) is 48.5 Å². The zero-order chi connectivity index (χ0) is 25.8. The number of imide groups is 1. The number of benzene rings is 2. The van der Waals surface area contributed by atoms with Crippen molar-refractivity contribution in [1.29, 1.82) is 0 Å². The normalized spacial score (nSPS) is 20.1. The van der Waals surface area contributed by atoms with Crippen LogP contribution in [0.2, 0.25) is 0 Å². The molecule has 2 aliphatic rings. The maximum atomic E-state index is 13.5. The van der Waals surface area contributed by atoms with E-state index < -0.39 is 22.5 Å². The minimum absolute atomic E-state index is 0.0729. The Hall–Kier alpha value is -3.57. The molecule has 1 fully saturated rings. The first-order valence-corrected chi connectivity index (χ1v) is 12.8. The van der Waals surface area contributed by atoms with Crippen molar-refractivity contribution in [2.24, 2.45) is 5.92 Å². The van der Waals surface area contributed by atoms with Gasteiger partial charge in [0.05, 0.1) is 23.7 Å². The van der Waals surface area contributed by atoms with E-state index in [1.165, 1.54) is 40.5 Å². The van der Waals surface area contributed by atoms with Gasteiger partial charge in [-0.1, -0.05) is 36.9 Å². The van der Waals surface area contributed by atoms with Crippen molar-refractivity contribution in [2.45, 2.75) is 36.1 Å². The number of nitrogens with zero attached hydrogens (tertiary/aromatic N) is 2. The lowest BCUT2D eigenvalue weighted by atomic mass is 9.76. The van der Waals surface area contributed by atoms with Gasteiger partial charge in [-0.15, -0.1) is 0 Å². The van der Waals surface area contributed by atoms with Gasteiger partial charge in [-0.25, -0.2) is 4.90 Å². The van der Waals surface area contributed by atoms with Crippen LogP contribution in [0.5, 0.6) is 11.5 Å². The number of aromatic hydroxyl groups is 1. The summed E-state index contributed by atoms with van der Waals surface area (Å²) in [6.07, 6.45) is 0. The molecule has 1 saturated heterocycles. The molecule has 2 aromatic carbocycles. The molecule has 9 nitrogen and oxygen atoms in total. The highest BCUT2D eigenvalue weighted by Crippen LogP contribution is 2.54. The van der Waals surface area contributed by atoms with Crippen molar-refractivity contribution in [2.75, 3.05) is 17.3 Å². The summed E-state index contributed by atoms with van der Waals surface area (Å²) in [4.78, 5) is 54.2. The zero-order valence-electron chi connectivity index (χ0n) is 19.7. The van der Waals surface area contributed by atoms with Crippen molar-refractivity contribution in [3.8, 4) is 11.5 Å². The fourth-order valence-corrected chi connectivity index (χ4v) is 7.68. The lowest BCUT2D eigenvalue weighted by Gasteiger charge is -2.36. The Bertz CT molecular complexity index is 1430. The van der Waals surface area contributed by atoms with E-state index >= 15 is 0 Å². The number of amides is 3. The molecule has 0 spiro atoms. The molecule has 0 aliphatic carbocycles. The average Bonchev–Trinajstić information content (AvgIpc) is 3.29. The van der Waals surface area contributed by atoms with Crippen LogP contribution < -0.4 is 19.8 Å². The van der Waals surface area contributed by atoms with E-state index in [0.717, 1.165) is 11.3 Å². The van der Waals surface area contributed by atoms with Crippen LogP contribution in [0.1, 0.15) is 18.7 Å². The van der Waals surface area contributed by atoms with Gasteiger partial charge >= 0.3 is 4.87 Å². The second-order valence-corrected chi connectivity index (χ2v) is 11.2. The second kappa shape index (κ2) is 8.82. The standard InChI is InChI=1S/C25H23N3O6S2/c1-25(2)18-19(22(32)28(21(18)31)14-6-10-16(34-3)11-7-14)35-23-20(25)36-24(33)27(23)12-17(30)26-13-4-8-15(29)9-5-13/h4-11,18-19,29H,12H2,1-3H3,(H,26,30). The van der Waals surface area contributed by atoms with Gasteiger partial charge in [0.15, 0.2) is 0 Å². The number of thiazole rings is 1. The van der Waals surface area contributed by atoms with Crippen LogP contribution in [-0.2, 0) is 26.3 Å². The van der Waals surface area contributed by atoms with Gasteiger partial charge in [0.2, 0.25) is 17.7 Å². The van der Waals surface area contributed by atoms with E-state index in [1.807, 2.05) is 13.8 Å². The largest absolute Gasteiger partial charge is 0.508 e. The number of ether oxygens (including phenoxy) is 1. The molecule has 2 aliphatic heterocycles. The van der Waals surface area contributed by atoms with Crippen LogP contribution in [0, 0.1) is 5.92 Å². The first-order valence-electron chi connectivity index (χ1n) is 11.1. The van der Waals surface area contributed by atoms with E-state index in [1.54, 1.807) is 36.4 Å². The van der Waals surface area contributed by atoms with Gasteiger partial charge in [0.25, 0.3) is 0 Å². The van der Waals surface area contributed by atoms with Crippen LogP contribution in [0.25, 0.3) is 0 Å². The summed E-state index contributed by atoms with van der Waals surface area (Å²) in [6.45, 7) is 3.49. The SMILES string of the molecule is COc1ccc(N2C(=O)C3Sc4c(sc(=O)n4CC(=O)Nc4ccc(O)cc4)C(C)(C)C3C2=O)cc1. The van der Waals surface area contributed by atoms with Gasteiger partial charge in [0.1, 0.15) is 23.3 Å². The van der Waals surface area contributed by atoms with Gasteiger partial charge in [-0.2, -0.15) is 0 Å². The number of hydrogen-bond acceptors (Lipinski definition) is 8. The highest BCUT2D eigenvalue weighted by atomic mass is 32.2. The van der Waals surface area contributed by atoms with Crippen LogP contribution in [-0.4, -0.2) is 39.8 Å². The number of aromatic nitrogens is 1. The van der Waals surface area contributed by atoms with Crippen LogP contribution in [0.4, 0.5) is 11.4 Å². The maximum Gasteiger partial charge on any atom is 0.308 e. The number of phenolic OH excluding ortho intramolecular Hbond substituents is 1. The topological polar surface area (TPSA) is 118 Å². The molecule has 186 valence electrons. The molecule has 2 atom stereocenters.